The molecule has 1 aliphatic heterocycles. The van der Waals surface area contributed by atoms with Gasteiger partial charge in [-0.05, 0) is 5.92 Å². The van der Waals surface area contributed by atoms with E-state index in [4.69, 9.17) is 0 Å². The molecule has 1 saturated heterocycles. The average molecular weight is 189 g/mol. The minimum absolute atomic E-state index is 0.0168. The predicted octanol–water partition coefficient (Wildman–Crippen LogP) is 0.536. The smallest absolute Gasteiger partial charge is 0.252 e. The Kier molecular flexibility index (Phi) is 3.40. The van der Waals surface area contributed by atoms with Crippen LogP contribution in [0, 0.1) is 5.92 Å². The summed E-state index contributed by atoms with van der Waals surface area (Å²) in [7, 11) is 0. The van der Waals surface area contributed by atoms with Crippen LogP contribution < -0.4 is 0 Å². The zero-order valence-corrected chi connectivity index (χ0v) is 8.30. The van der Waals surface area contributed by atoms with Crippen LogP contribution in [0.15, 0.2) is 0 Å². The van der Waals surface area contributed by atoms with Gasteiger partial charge < -0.3 is 10.0 Å². The van der Waals surface area contributed by atoms with Crippen LogP contribution in [0.5, 0.6) is 0 Å². The fraction of sp³-hybridized carbons (Fsp3) is 0.875. The van der Waals surface area contributed by atoms with E-state index in [1.54, 1.807) is 16.7 Å². The molecular weight excluding hydrogens is 174 g/mol. The standard InChI is InChI=1S/C8H15NO2S/c1-6(2)7(10)8(11)9-3-4-12-5-9/h6-7,10H,3-5H2,1-2H3/t7-/m0/s1. The van der Waals surface area contributed by atoms with Gasteiger partial charge in [-0.25, -0.2) is 0 Å². The normalized spacial score (nSPS) is 20.2. The minimum atomic E-state index is -0.816. The zero-order valence-electron chi connectivity index (χ0n) is 7.49. The van der Waals surface area contributed by atoms with Crippen LogP contribution in [-0.4, -0.2) is 40.2 Å². The molecule has 1 fully saturated rings. The lowest BCUT2D eigenvalue weighted by atomic mass is 10.1. The highest BCUT2D eigenvalue weighted by molar-refractivity contribution is 7.99. The maximum absolute atomic E-state index is 11.4. The van der Waals surface area contributed by atoms with E-state index in [9.17, 15) is 9.90 Å². The fourth-order valence-corrected chi connectivity index (χ4v) is 2.02. The van der Waals surface area contributed by atoms with Crippen molar-refractivity contribution in [2.75, 3.05) is 18.2 Å². The predicted molar refractivity (Wildman–Crippen MR) is 49.9 cm³/mol. The molecule has 1 N–H and O–H groups in total. The second-order valence-corrected chi connectivity index (χ2v) is 4.40. The van der Waals surface area contributed by atoms with E-state index in [2.05, 4.69) is 0 Å². The van der Waals surface area contributed by atoms with Crippen LogP contribution in [0.4, 0.5) is 0 Å². The fourth-order valence-electron chi connectivity index (χ4n) is 1.06. The van der Waals surface area contributed by atoms with Gasteiger partial charge in [0.1, 0.15) is 6.10 Å². The number of nitrogens with zero attached hydrogens (tertiary/aromatic N) is 1. The molecule has 1 rings (SSSR count). The third-order valence-electron chi connectivity index (χ3n) is 1.95. The van der Waals surface area contributed by atoms with Crippen LogP contribution in [0.2, 0.25) is 0 Å². The number of rotatable bonds is 2. The number of amides is 1. The van der Waals surface area contributed by atoms with E-state index in [-0.39, 0.29) is 11.8 Å². The molecular formula is C8H15NO2S. The summed E-state index contributed by atoms with van der Waals surface area (Å²) in [6, 6.07) is 0. The van der Waals surface area contributed by atoms with Crippen molar-refractivity contribution in [1.82, 2.24) is 4.90 Å². The van der Waals surface area contributed by atoms with Crippen molar-refractivity contribution in [2.24, 2.45) is 5.92 Å². The Bertz CT molecular complexity index is 162. The van der Waals surface area contributed by atoms with Gasteiger partial charge in [0.25, 0.3) is 5.91 Å². The molecule has 12 heavy (non-hydrogen) atoms. The van der Waals surface area contributed by atoms with Crippen molar-refractivity contribution in [3.05, 3.63) is 0 Å². The molecule has 4 heteroatoms. The van der Waals surface area contributed by atoms with Crippen molar-refractivity contribution >= 4 is 17.7 Å². The van der Waals surface area contributed by atoms with E-state index in [0.717, 1.165) is 18.2 Å². The number of carbonyl (C=O) groups is 1. The summed E-state index contributed by atoms with van der Waals surface area (Å²) in [6.07, 6.45) is -0.816. The van der Waals surface area contributed by atoms with Crippen molar-refractivity contribution < 1.29 is 9.90 Å². The molecule has 0 aromatic heterocycles. The van der Waals surface area contributed by atoms with Gasteiger partial charge in [-0.3, -0.25) is 4.79 Å². The molecule has 0 spiro atoms. The third-order valence-corrected chi connectivity index (χ3v) is 2.91. The lowest BCUT2D eigenvalue weighted by Gasteiger charge is -2.20. The Morgan fingerprint density at radius 2 is 2.25 bits per heavy atom. The summed E-state index contributed by atoms with van der Waals surface area (Å²) in [5, 5.41) is 9.45. The van der Waals surface area contributed by atoms with Crippen LogP contribution in [0.25, 0.3) is 0 Å². The number of hydrogen-bond acceptors (Lipinski definition) is 3. The van der Waals surface area contributed by atoms with Gasteiger partial charge in [-0.1, -0.05) is 13.8 Å². The first-order valence-electron chi connectivity index (χ1n) is 4.17. The number of carbonyl (C=O) groups excluding carboxylic acids is 1. The Morgan fingerprint density at radius 1 is 1.58 bits per heavy atom. The molecule has 0 bridgehead atoms. The first kappa shape index (κ1) is 9.86. The Balaban J connectivity index is 2.45. The Labute approximate surface area is 77.1 Å². The van der Waals surface area contributed by atoms with E-state index in [1.807, 2.05) is 13.8 Å². The minimum Gasteiger partial charge on any atom is -0.383 e. The maximum Gasteiger partial charge on any atom is 0.252 e. The van der Waals surface area contributed by atoms with E-state index >= 15 is 0 Å². The molecule has 0 aromatic rings. The maximum atomic E-state index is 11.4. The first-order chi connectivity index (χ1) is 5.63. The highest BCUT2D eigenvalue weighted by atomic mass is 32.2. The summed E-state index contributed by atoms with van der Waals surface area (Å²) < 4.78 is 0. The molecule has 1 aliphatic rings. The average Bonchev–Trinajstić information content (AvgIpc) is 2.53. The van der Waals surface area contributed by atoms with Gasteiger partial charge in [0.15, 0.2) is 0 Å². The highest BCUT2D eigenvalue weighted by Crippen LogP contribution is 2.16. The Hall–Kier alpha value is -0.220. The topological polar surface area (TPSA) is 40.5 Å². The van der Waals surface area contributed by atoms with Gasteiger partial charge in [0.05, 0.1) is 5.88 Å². The molecule has 0 unspecified atom stereocenters. The third kappa shape index (κ3) is 2.14. The van der Waals surface area contributed by atoms with Gasteiger partial charge in [-0.15, -0.1) is 11.8 Å². The van der Waals surface area contributed by atoms with E-state index in [1.165, 1.54) is 0 Å². The van der Waals surface area contributed by atoms with Crippen molar-refractivity contribution in [2.45, 2.75) is 20.0 Å². The summed E-state index contributed by atoms with van der Waals surface area (Å²) >= 11 is 1.73. The highest BCUT2D eigenvalue weighted by Gasteiger charge is 2.26. The van der Waals surface area contributed by atoms with Crippen LogP contribution in [-0.2, 0) is 4.79 Å². The largest absolute Gasteiger partial charge is 0.383 e. The van der Waals surface area contributed by atoms with Gasteiger partial charge in [0, 0.05) is 12.3 Å². The molecule has 0 aliphatic carbocycles. The monoisotopic (exact) mass is 189 g/mol. The molecule has 1 atom stereocenters. The Morgan fingerprint density at radius 3 is 2.67 bits per heavy atom. The summed E-state index contributed by atoms with van der Waals surface area (Å²) in [4.78, 5) is 13.2. The van der Waals surface area contributed by atoms with Crippen LogP contribution in [0.1, 0.15) is 13.8 Å². The van der Waals surface area contributed by atoms with Gasteiger partial charge in [0.2, 0.25) is 0 Å². The lowest BCUT2D eigenvalue weighted by Crippen LogP contribution is -2.39. The first-order valence-corrected chi connectivity index (χ1v) is 5.33. The van der Waals surface area contributed by atoms with Crippen molar-refractivity contribution in [3.8, 4) is 0 Å². The molecule has 70 valence electrons. The summed E-state index contributed by atoms with van der Waals surface area (Å²) in [6.45, 7) is 4.49. The molecule has 0 aromatic carbocycles. The van der Waals surface area contributed by atoms with Crippen molar-refractivity contribution in [3.63, 3.8) is 0 Å². The molecule has 1 amide bonds. The number of thioether (sulfide) groups is 1. The zero-order chi connectivity index (χ0) is 9.14. The van der Waals surface area contributed by atoms with Crippen molar-refractivity contribution in [1.29, 1.82) is 0 Å². The molecule has 0 radical (unpaired) electrons. The molecule has 1 heterocycles. The second-order valence-electron chi connectivity index (χ2n) is 3.33. The molecule has 0 saturated carbocycles. The van der Waals surface area contributed by atoms with E-state index in [0.29, 0.717) is 0 Å². The number of aliphatic hydroxyl groups is 1. The quantitative estimate of drug-likeness (QED) is 0.689. The second kappa shape index (κ2) is 4.14. The number of aliphatic hydroxyl groups excluding tert-OH is 1. The van der Waals surface area contributed by atoms with Crippen LogP contribution in [0.3, 0.4) is 0 Å². The van der Waals surface area contributed by atoms with Gasteiger partial charge in [-0.2, -0.15) is 0 Å². The SMILES string of the molecule is CC(C)[C@H](O)C(=O)N1CCSC1. The van der Waals surface area contributed by atoms with Crippen LogP contribution >= 0.6 is 11.8 Å². The van der Waals surface area contributed by atoms with E-state index < -0.39 is 6.10 Å². The number of hydrogen-bond donors (Lipinski definition) is 1. The van der Waals surface area contributed by atoms with Gasteiger partial charge >= 0.3 is 0 Å². The lowest BCUT2D eigenvalue weighted by molar-refractivity contribution is -0.140. The summed E-state index contributed by atoms with van der Waals surface area (Å²) in [5.74, 6) is 1.64. The molecule has 3 nitrogen and oxygen atoms in total. The summed E-state index contributed by atoms with van der Waals surface area (Å²) in [5.41, 5.74) is 0.